The molecule has 2 N–H and O–H groups in total. The van der Waals surface area contributed by atoms with Gasteiger partial charge in [0.05, 0.1) is 18.6 Å². The molecule has 0 radical (unpaired) electrons. The van der Waals surface area contributed by atoms with Crippen molar-refractivity contribution in [1.82, 2.24) is 10.4 Å². The average Bonchev–Trinajstić information content (AvgIpc) is 3.70. The van der Waals surface area contributed by atoms with Crippen LogP contribution in [0.15, 0.2) is 23.8 Å². The van der Waals surface area contributed by atoms with E-state index in [9.17, 15) is 33.9 Å². The minimum atomic E-state index is -2.34. The van der Waals surface area contributed by atoms with Crippen molar-refractivity contribution in [3.63, 3.8) is 0 Å². The number of fused-ring (bicyclic) bond motifs is 7. The summed E-state index contributed by atoms with van der Waals surface area (Å²) >= 11 is 0. The van der Waals surface area contributed by atoms with Gasteiger partial charge in [-0.3, -0.25) is 19.2 Å². The summed E-state index contributed by atoms with van der Waals surface area (Å²) in [4.78, 5) is 80.0. The van der Waals surface area contributed by atoms with Gasteiger partial charge in [-0.25, -0.2) is 18.4 Å². The Morgan fingerprint density at radius 2 is 1.83 bits per heavy atom. The maximum absolute atomic E-state index is 17.7. The van der Waals surface area contributed by atoms with Crippen molar-refractivity contribution in [2.75, 3.05) is 18.9 Å². The van der Waals surface area contributed by atoms with Gasteiger partial charge < -0.3 is 29.5 Å². The Hall–Kier alpha value is -2.86. The second kappa shape index (κ2) is 14.9. The highest BCUT2D eigenvalue weighted by molar-refractivity contribution is 8.77. The molecule has 2 aliphatic heterocycles. The number of carbonyl (C=O) groups is 6. The summed E-state index contributed by atoms with van der Waals surface area (Å²) in [6.07, 6.45) is -1.31. The summed E-state index contributed by atoms with van der Waals surface area (Å²) in [5.74, 6) is -4.16. The number of aliphatic hydroxyl groups excluding tert-OH is 1. The van der Waals surface area contributed by atoms with Crippen molar-refractivity contribution in [1.29, 1.82) is 0 Å². The van der Waals surface area contributed by atoms with E-state index < -0.39 is 105 Å². The third-order valence-electron chi connectivity index (χ3n) is 12.2. The van der Waals surface area contributed by atoms with Crippen molar-refractivity contribution in [2.24, 2.45) is 22.7 Å². The second-order valence-electron chi connectivity index (χ2n) is 16.1. The molecule has 54 heavy (non-hydrogen) atoms. The predicted molar refractivity (Wildman–Crippen MR) is 192 cm³/mol. The number of halogens is 2. The summed E-state index contributed by atoms with van der Waals surface area (Å²) in [6, 6.07) is 0. The third-order valence-corrected chi connectivity index (χ3v) is 15.5. The summed E-state index contributed by atoms with van der Waals surface area (Å²) in [5, 5.41) is 14.8. The number of alkyl halides is 2. The Bertz CT molecular complexity index is 1640. The van der Waals surface area contributed by atoms with E-state index in [1.54, 1.807) is 20.8 Å². The molecule has 0 spiro atoms. The zero-order valence-electron chi connectivity index (χ0n) is 31.0. The van der Waals surface area contributed by atoms with Gasteiger partial charge in [0.1, 0.15) is 6.17 Å². The van der Waals surface area contributed by atoms with Gasteiger partial charge in [-0.2, -0.15) is 0 Å². The Morgan fingerprint density at radius 3 is 2.52 bits per heavy atom. The topological polar surface area (TPSA) is 175 Å². The van der Waals surface area contributed by atoms with Gasteiger partial charge >= 0.3 is 12.1 Å². The summed E-state index contributed by atoms with van der Waals surface area (Å²) in [7, 11) is 2.71. The number of aliphatic hydroxyl groups is 1. The lowest BCUT2D eigenvalue weighted by molar-refractivity contribution is -0.234. The smallest absolute Gasteiger partial charge is 0.407 e. The van der Waals surface area contributed by atoms with Crippen LogP contribution >= 0.6 is 21.6 Å². The molecule has 6 rings (SSSR count). The second-order valence-corrected chi connectivity index (χ2v) is 19.2. The Balaban J connectivity index is 1.07. The first-order valence-electron chi connectivity index (χ1n) is 18.4. The molecule has 13 nitrogen and oxygen atoms in total. The number of rotatable bonds is 13. The fourth-order valence-corrected chi connectivity index (χ4v) is 12.1. The SMILES string of the molecule is CCCC1O[C@@H]2CC3[C@@H]4C[C@H](F)C5=CC(=O)C=C[C@]5(C)[C@@]4(F)[C@@H](O)C[C@]3(C)[C@]2(C(=O)COC(=O)NCCSSC(C)(C)CC(=O)ON2C(=O)CCC2=O)O1. The van der Waals surface area contributed by atoms with Gasteiger partial charge in [0, 0.05) is 46.6 Å². The number of nitrogens with one attached hydrogen (secondary N) is 1. The minimum Gasteiger partial charge on any atom is -0.441 e. The van der Waals surface area contributed by atoms with Crippen LogP contribution in [0.3, 0.4) is 0 Å². The first kappa shape index (κ1) is 40.8. The number of hydrogen-bond acceptors (Lipinski definition) is 13. The maximum atomic E-state index is 17.7. The van der Waals surface area contributed by atoms with Gasteiger partial charge in [-0.15, -0.1) is 5.06 Å². The molecule has 5 fully saturated rings. The van der Waals surface area contributed by atoms with Gasteiger partial charge in [0.25, 0.3) is 11.8 Å². The Labute approximate surface area is 320 Å². The fourth-order valence-electron chi connectivity index (χ4n) is 9.74. The molecular weight excluding hydrogens is 751 g/mol. The first-order valence-corrected chi connectivity index (χ1v) is 20.8. The molecule has 0 bridgehead atoms. The number of imide groups is 1. The van der Waals surface area contributed by atoms with E-state index in [1.165, 1.54) is 40.7 Å². The normalized spacial score (nSPS) is 38.3. The van der Waals surface area contributed by atoms with Crippen LogP contribution in [0.2, 0.25) is 0 Å². The predicted octanol–water partition coefficient (Wildman–Crippen LogP) is 4.65. The van der Waals surface area contributed by atoms with E-state index in [4.69, 9.17) is 19.0 Å². The zero-order valence-corrected chi connectivity index (χ0v) is 32.7. The van der Waals surface area contributed by atoms with Crippen LogP contribution in [-0.4, -0.2) is 105 Å². The van der Waals surface area contributed by atoms with E-state index in [2.05, 4.69) is 5.32 Å². The number of nitrogens with zero attached hydrogens (tertiary/aromatic N) is 1. The molecule has 0 aromatic rings. The van der Waals surface area contributed by atoms with Gasteiger partial charge in [0.2, 0.25) is 5.78 Å². The third kappa shape index (κ3) is 6.72. The largest absolute Gasteiger partial charge is 0.441 e. The van der Waals surface area contributed by atoms with E-state index in [0.29, 0.717) is 23.7 Å². The highest BCUT2D eigenvalue weighted by Crippen LogP contribution is 2.72. The number of ether oxygens (including phenoxy) is 3. The molecule has 0 aromatic heterocycles. The van der Waals surface area contributed by atoms with Crippen LogP contribution in [0, 0.1) is 22.7 Å². The van der Waals surface area contributed by atoms with Crippen molar-refractivity contribution in [3.8, 4) is 0 Å². The molecule has 0 aromatic carbocycles. The quantitative estimate of drug-likeness (QED) is 0.150. The van der Waals surface area contributed by atoms with E-state index in [1.807, 2.05) is 6.92 Å². The Morgan fingerprint density at radius 1 is 1.13 bits per heavy atom. The molecule has 2 heterocycles. The maximum Gasteiger partial charge on any atom is 0.407 e. The number of alkyl carbamates (subject to hydrolysis) is 1. The van der Waals surface area contributed by atoms with Crippen LogP contribution < -0.4 is 5.32 Å². The minimum absolute atomic E-state index is 0.00217. The number of hydrogen-bond donors (Lipinski definition) is 2. The molecule has 3 saturated carbocycles. The summed E-state index contributed by atoms with van der Waals surface area (Å²) in [6.45, 7) is 8.24. The monoisotopic (exact) mass is 798 g/mol. The average molecular weight is 799 g/mol. The number of ketones is 2. The van der Waals surface area contributed by atoms with Crippen LogP contribution in [-0.2, 0) is 43.0 Å². The van der Waals surface area contributed by atoms with Crippen molar-refractivity contribution in [3.05, 3.63) is 23.8 Å². The Kier molecular flexibility index (Phi) is 11.3. The lowest BCUT2D eigenvalue weighted by atomic mass is 9.44. The molecule has 2 saturated heterocycles. The molecule has 6 aliphatic rings. The van der Waals surface area contributed by atoms with E-state index in [-0.39, 0.29) is 50.6 Å². The lowest BCUT2D eigenvalue weighted by Gasteiger charge is -2.63. The van der Waals surface area contributed by atoms with Crippen LogP contribution in [0.5, 0.6) is 0 Å². The van der Waals surface area contributed by atoms with Crippen LogP contribution in [0.1, 0.15) is 86.0 Å². The molecule has 298 valence electrons. The number of amides is 3. The van der Waals surface area contributed by atoms with Crippen LogP contribution in [0.25, 0.3) is 0 Å². The molecular formula is C37H48F2N2O11S2. The van der Waals surface area contributed by atoms with Crippen molar-refractivity contribution in [2.45, 2.75) is 127 Å². The number of hydroxylamine groups is 2. The fraction of sp³-hybridized carbons (Fsp3) is 0.730. The van der Waals surface area contributed by atoms with E-state index in [0.717, 1.165) is 6.08 Å². The zero-order chi connectivity index (χ0) is 39.4. The van der Waals surface area contributed by atoms with Crippen molar-refractivity contribution < 1.29 is 61.7 Å². The molecule has 2 unspecified atom stereocenters. The van der Waals surface area contributed by atoms with Crippen molar-refractivity contribution >= 4 is 57.0 Å². The summed E-state index contributed by atoms with van der Waals surface area (Å²) in [5.41, 5.74) is -6.83. The first-order chi connectivity index (χ1) is 25.3. The number of Topliss-reactive ketones (excluding diaryl/α,β-unsaturated/α-hetero) is 1. The molecule has 17 heteroatoms. The number of allylic oxidation sites excluding steroid dienone is 4. The molecule has 4 aliphatic carbocycles. The highest BCUT2D eigenvalue weighted by Gasteiger charge is 2.80. The van der Waals surface area contributed by atoms with Gasteiger partial charge in [-0.1, -0.05) is 47.9 Å². The van der Waals surface area contributed by atoms with Gasteiger partial charge in [0.15, 0.2) is 29.9 Å². The van der Waals surface area contributed by atoms with E-state index >= 15 is 8.78 Å². The molecule has 10 atom stereocenters. The lowest BCUT2D eigenvalue weighted by Crippen LogP contribution is -2.71. The highest BCUT2D eigenvalue weighted by atomic mass is 33.1. The standard InChI is InChI=1S/C37H48F2N2O11S2/c1-6-7-31-50-27-16-21-22-15-24(38)23-14-20(42)10-11-34(23,4)36(22,39)25(43)17-35(21,5)37(27,51-31)26(44)19-49-32(48)40-12-13-53-54-33(2,3)18-30(47)52-41-28(45)8-9-29(41)46/h10-11,14,21-22,24-25,27,31,43H,6-9,12-13,15-19H2,1-5H3,(H,40,48)/t21?,22-,24-,25-,27+,31?,34-,35-,36-,37+/m0/s1. The molecule has 3 amide bonds. The number of carbonyl (C=O) groups excluding carboxylic acids is 6. The van der Waals surface area contributed by atoms with Gasteiger partial charge in [-0.05, 0) is 70.1 Å². The summed E-state index contributed by atoms with van der Waals surface area (Å²) < 4.78 is 51.1. The van der Waals surface area contributed by atoms with Crippen LogP contribution in [0.4, 0.5) is 13.6 Å².